The highest BCUT2D eigenvalue weighted by Crippen LogP contribution is 2.48. The summed E-state index contributed by atoms with van der Waals surface area (Å²) in [6.07, 6.45) is 0. The fourth-order valence-corrected chi connectivity index (χ4v) is 10.0. The van der Waals surface area contributed by atoms with Crippen molar-refractivity contribution in [2.45, 2.75) is 0 Å². The van der Waals surface area contributed by atoms with Gasteiger partial charge in [0.05, 0.1) is 0 Å². The molecule has 3 heteroatoms. The zero-order valence-electron chi connectivity index (χ0n) is 35.3. The van der Waals surface area contributed by atoms with Gasteiger partial charge in [-0.3, -0.25) is 0 Å². The molecule has 0 saturated heterocycles. The van der Waals surface area contributed by atoms with Crippen molar-refractivity contribution in [3.8, 4) is 44.7 Å². The maximum atomic E-state index is 7.13. The van der Waals surface area contributed by atoms with Gasteiger partial charge in [-0.25, -0.2) is 0 Å². The molecule has 11 aromatic carbocycles. The molecule has 0 atom stereocenters. The van der Waals surface area contributed by atoms with Crippen LogP contribution in [0.25, 0.3) is 110 Å². The number of furan rings is 2. The molecule has 2 heterocycles. The van der Waals surface area contributed by atoms with Crippen LogP contribution in [0.5, 0.6) is 0 Å². The van der Waals surface area contributed by atoms with Crippen molar-refractivity contribution >= 4 is 82.3 Å². The van der Waals surface area contributed by atoms with Crippen LogP contribution in [0.1, 0.15) is 0 Å². The molecule has 0 N–H and O–H groups in total. The number of benzene rings is 11. The van der Waals surface area contributed by atoms with E-state index in [-0.39, 0.29) is 0 Å². The first kappa shape index (κ1) is 36.9. The van der Waals surface area contributed by atoms with Crippen LogP contribution in [0.2, 0.25) is 0 Å². The molecule has 13 aromatic rings. The molecule has 0 fully saturated rings. The second-order valence-electron chi connectivity index (χ2n) is 16.8. The maximum Gasteiger partial charge on any atom is 0.143 e. The van der Waals surface area contributed by atoms with Crippen LogP contribution in [0.15, 0.2) is 245 Å². The monoisotopic (exact) mass is 829 g/mol. The van der Waals surface area contributed by atoms with Crippen molar-refractivity contribution in [2.24, 2.45) is 0 Å². The average Bonchev–Trinajstić information content (AvgIpc) is 3.98. The molecule has 0 aliphatic heterocycles. The number of hydrogen-bond acceptors (Lipinski definition) is 3. The summed E-state index contributed by atoms with van der Waals surface area (Å²) in [6.45, 7) is 0. The van der Waals surface area contributed by atoms with Crippen LogP contribution in [-0.4, -0.2) is 0 Å². The van der Waals surface area contributed by atoms with E-state index in [4.69, 9.17) is 8.83 Å². The van der Waals surface area contributed by atoms with Crippen LogP contribution < -0.4 is 4.90 Å². The highest BCUT2D eigenvalue weighted by atomic mass is 16.3. The predicted molar refractivity (Wildman–Crippen MR) is 272 cm³/mol. The molecule has 0 aliphatic rings. The molecular weight excluding hydrogens is 791 g/mol. The summed E-state index contributed by atoms with van der Waals surface area (Å²) in [5.74, 6) is 0.875. The molecule has 304 valence electrons. The topological polar surface area (TPSA) is 29.5 Å². The molecule has 0 spiro atoms. The summed E-state index contributed by atoms with van der Waals surface area (Å²) >= 11 is 0. The predicted octanol–water partition coefficient (Wildman–Crippen LogP) is 17.9. The third-order valence-electron chi connectivity index (χ3n) is 13.0. The summed E-state index contributed by atoms with van der Waals surface area (Å²) in [6, 6.07) is 84.4. The smallest absolute Gasteiger partial charge is 0.143 e. The minimum Gasteiger partial charge on any atom is -0.456 e. The number of hydrogen-bond donors (Lipinski definition) is 0. The molecule has 0 aliphatic carbocycles. The van der Waals surface area contributed by atoms with E-state index in [2.05, 4.69) is 241 Å². The molecule has 0 bridgehead atoms. The van der Waals surface area contributed by atoms with Crippen LogP contribution in [-0.2, 0) is 0 Å². The molecule has 65 heavy (non-hydrogen) atoms. The van der Waals surface area contributed by atoms with E-state index in [1.165, 1.54) is 32.7 Å². The van der Waals surface area contributed by atoms with Crippen molar-refractivity contribution in [3.05, 3.63) is 237 Å². The van der Waals surface area contributed by atoms with Gasteiger partial charge in [-0.2, -0.15) is 0 Å². The van der Waals surface area contributed by atoms with Crippen LogP contribution in [0, 0.1) is 0 Å². The van der Waals surface area contributed by atoms with Crippen molar-refractivity contribution in [1.29, 1.82) is 0 Å². The molecular formula is C62H39NO2. The van der Waals surface area contributed by atoms with E-state index in [9.17, 15) is 0 Å². The summed E-state index contributed by atoms with van der Waals surface area (Å²) in [5.41, 5.74) is 13.6. The van der Waals surface area contributed by atoms with E-state index in [1.807, 2.05) is 0 Å². The van der Waals surface area contributed by atoms with Gasteiger partial charge in [-0.1, -0.05) is 182 Å². The molecule has 0 saturated carbocycles. The minimum atomic E-state index is 0.852. The SMILES string of the molecule is c1ccc(-c2ccc(N(c3cccc(-c4ccc5c6ccccc6c6c(-c7ccccc7)c(-c7ccccc7)oc6c5c4)c3)c3ccc4c(c3)oc3ccc5ccccc5c34)cc2)cc1. The second-order valence-corrected chi connectivity index (χ2v) is 16.8. The van der Waals surface area contributed by atoms with Gasteiger partial charge in [0.25, 0.3) is 0 Å². The van der Waals surface area contributed by atoms with Gasteiger partial charge in [0.2, 0.25) is 0 Å². The Morgan fingerprint density at radius 2 is 0.846 bits per heavy atom. The normalized spacial score (nSPS) is 11.7. The number of anilines is 3. The lowest BCUT2D eigenvalue weighted by molar-refractivity contribution is 0.636. The Morgan fingerprint density at radius 3 is 1.63 bits per heavy atom. The Hall–Kier alpha value is -8.66. The molecule has 2 aromatic heterocycles. The largest absolute Gasteiger partial charge is 0.456 e. The number of rotatable bonds is 7. The molecule has 13 rings (SSSR count). The van der Waals surface area contributed by atoms with Crippen molar-refractivity contribution < 1.29 is 8.83 Å². The van der Waals surface area contributed by atoms with Crippen molar-refractivity contribution in [3.63, 3.8) is 0 Å². The lowest BCUT2D eigenvalue weighted by Crippen LogP contribution is -2.10. The summed E-state index contributed by atoms with van der Waals surface area (Å²) < 4.78 is 13.8. The average molecular weight is 830 g/mol. The van der Waals surface area contributed by atoms with E-state index in [0.29, 0.717) is 0 Å². The van der Waals surface area contributed by atoms with Gasteiger partial charge in [0, 0.05) is 55.8 Å². The number of nitrogens with zero attached hydrogens (tertiary/aromatic N) is 1. The Balaban J connectivity index is 0.996. The van der Waals surface area contributed by atoms with Crippen molar-refractivity contribution in [2.75, 3.05) is 4.90 Å². The van der Waals surface area contributed by atoms with Crippen molar-refractivity contribution in [1.82, 2.24) is 0 Å². The highest BCUT2D eigenvalue weighted by molar-refractivity contribution is 6.29. The van der Waals surface area contributed by atoms with E-state index < -0.39 is 0 Å². The van der Waals surface area contributed by atoms with Gasteiger partial charge < -0.3 is 13.7 Å². The van der Waals surface area contributed by atoms with Gasteiger partial charge in [-0.05, 0) is 103 Å². The third kappa shape index (κ3) is 6.12. The first-order chi connectivity index (χ1) is 32.2. The summed E-state index contributed by atoms with van der Waals surface area (Å²) in [4.78, 5) is 2.33. The van der Waals surface area contributed by atoms with E-state index in [1.54, 1.807) is 0 Å². The van der Waals surface area contributed by atoms with Crippen LogP contribution >= 0.6 is 0 Å². The lowest BCUT2D eigenvalue weighted by Gasteiger charge is -2.26. The van der Waals surface area contributed by atoms with Gasteiger partial charge in [-0.15, -0.1) is 0 Å². The second kappa shape index (κ2) is 15.0. The quantitative estimate of drug-likeness (QED) is 0.150. The highest BCUT2D eigenvalue weighted by Gasteiger charge is 2.23. The van der Waals surface area contributed by atoms with Crippen LogP contribution in [0.4, 0.5) is 17.1 Å². The molecule has 0 amide bonds. The van der Waals surface area contributed by atoms with E-state index >= 15 is 0 Å². The zero-order chi connectivity index (χ0) is 42.8. The first-order valence-corrected chi connectivity index (χ1v) is 22.2. The Labute approximate surface area is 375 Å². The fourth-order valence-electron chi connectivity index (χ4n) is 10.0. The fraction of sp³-hybridized carbons (Fsp3) is 0. The van der Waals surface area contributed by atoms with E-state index in [0.717, 1.165) is 94.3 Å². The summed E-state index contributed by atoms with van der Waals surface area (Å²) in [7, 11) is 0. The summed E-state index contributed by atoms with van der Waals surface area (Å²) in [5, 5.41) is 10.4. The number of fused-ring (bicyclic) bond motifs is 11. The molecule has 0 radical (unpaired) electrons. The Kier molecular flexibility index (Phi) is 8.53. The molecule has 0 unspecified atom stereocenters. The Morgan fingerprint density at radius 1 is 0.277 bits per heavy atom. The molecule has 3 nitrogen and oxygen atoms in total. The third-order valence-corrected chi connectivity index (χ3v) is 13.0. The first-order valence-electron chi connectivity index (χ1n) is 22.2. The lowest BCUT2D eigenvalue weighted by atomic mass is 9.91. The maximum absolute atomic E-state index is 7.13. The van der Waals surface area contributed by atoms with Crippen LogP contribution in [0.3, 0.4) is 0 Å². The standard InChI is InChI=1S/C62H39NO2/c1-4-15-40(16-5-1)41-27-31-47(32-28-41)63(49-33-35-54-57(39-49)64-56-36-30-42-17-10-11-24-50(42)59(54)56)48-23-14-22-45(37-48)46-29-34-52-51-25-12-13-26-53(51)60-58(43-18-6-2-7-19-43)61(44-20-8-3-9-21-44)65-62(60)55(52)38-46/h1-39H. The van der Waals surface area contributed by atoms with Gasteiger partial charge >= 0.3 is 0 Å². The zero-order valence-corrected chi connectivity index (χ0v) is 35.3. The minimum absolute atomic E-state index is 0.852. The Bertz CT molecular complexity index is 3920. The van der Waals surface area contributed by atoms with Gasteiger partial charge in [0.1, 0.15) is 22.5 Å². The van der Waals surface area contributed by atoms with Gasteiger partial charge in [0.15, 0.2) is 0 Å².